The Balaban J connectivity index is 1.29. The molecular formula is C25H22N4O4S. The van der Waals surface area contributed by atoms with Gasteiger partial charge in [0.05, 0.1) is 7.11 Å². The fourth-order valence-corrected chi connectivity index (χ4v) is 3.73. The first-order valence-corrected chi connectivity index (χ1v) is 11.3. The van der Waals surface area contributed by atoms with Crippen LogP contribution >= 0.6 is 11.3 Å². The van der Waals surface area contributed by atoms with Crippen LogP contribution in [0.2, 0.25) is 0 Å². The molecule has 4 rings (SSSR count). The SMILES string of the molecule is COc1ccccc1CNC(=O)c1ccc(NC(=O)c2nnc(COc3ccccc3)s2)cc1. The number of methoxy groups -OCH3 is 1. The minimum absolute atomic E-state index is 0.226. The van der Waals surface area contributed by atoms with Crippen molar-refractivity contribution in [3.05, 3.63) is 100 Å². The third kappa shape index (κ3) is 5.96. The van der Waals surface area contributed by atoms with E-state index in [-0.39, 0.29) is 23.4 Å². The molecule has 2 amide bonds. The molecule has 0 aliphatic carbocycles. The van der Waals surface area contributed by atoms with Crippen molar-refractivity contribution in [1.29, 1.82) is 0 Å². The van der Waals surface area contributed by atoms with E-state index < -0.39 is 0 Å². The van der Waals surface area contributed by atoms with E-state index in [0.29, 0.717) is 28.6 Å². The van der Waals surface area contributed by atoms with Crippen LogP contribution in [0.25, 0.3) is 0 Å². The molecule has 34 heavy (non-hydrogen) atoms. The summed E-state index contributed by atoms with van der Waals surface area (Å²) in [7, 11) is 1.59. The lowest BCUT2D eigenvalue weighted by Gasteiger charge is -2.10. The molecule has 1 heterocycles. The average Bonchev–Trinajstić information content (AvgIpc) is 3.36. The van der Waals surface area contributed by atoms with Gasteiger partial charge in [0.2, 0.25) is 5.01 Å². The highest BCUT2D eigenvalue weighted by Crippen LogP contribution is 2.18. The molecule has 0 saturated heterocycles. The molecule has 0 spiro atoms. The maximum Gasteiger partial charge on any atom is 0.286 e. The number of benzene rings is 3. The van der Waals surface area contributed by atoms with Crippen molar-refractivity contribution in [2.75, 3.05) is 12.4 Å². The quantitative estimate of drug-likeness (QED) is 0.375. The second-order valence-electron chi connectivity index (χ2n) is 7.13. The van der Waals surface area contributed by atoms with Crippen LogP contribution in [0, 0.1) is 0 Å². The Morgan fingerprint density at radius 1 is 0.882 bits per heavy atom. The van der Waals surface area contributed by atoms with Gasteiger partial charge in [0.15, 0.2) is 5.01 Å². The number of nitrogens with zero attached hydrogens (tertiary/aromatic N) is 2. The average molecular weight is 475 g/mol. The number of para-hydroxylation sites is 2. The molecule has 3 aromatic carbocycles. The minimum Gasteiger partial charge on any atom is -0.496 e. The van der Waals surface area contributed by atoms with Gasteiger partial charge in [-0.2, -0.15) is 0 Å². The van der Waals surface area contributed by atoms with Crippen molar-refractivity contribution in [2.45, 2.75) is 13.2 Å². The molecule has 2 N–H and O–H groups in total. The molecule has 0 fully saturated rings. The molecule has 0 bridgehead atoms. The standard InChI is InChI=1S/C25H22N4O4S/c1-32-21-10-6-5-7-18(21)15-26-23(30)17-11-13-19(14-12-17)27-24(31)25-29-28-22(34-25)16-33-20-8-3-2-4-9-20/h2-14H,15-16H2,1H3,(H,26,30)(H,27,31). The van der Waals surface area contributed by atoms with Crippen molar-refractivity contribution in [2.24, 2.45) is 0 Å². The second-order valence-corrected chi connectivity index (χ2v) is 8.19. The third-order valence-corrected chi connectivity index (χ3v) is 5.70. The Kier molecular flexibility index (Phi) is 7.46. The van der Waals surface area contributed by atoms with E-state index in [2.05, 4.69) is 20.8 Å². The number of rotatable bonds is 9. The van der Waals surface area contributed by atoms with E-state index >= 15 is 0 Å². The van der Waals surface area contributed by atoms with Gasteiger partial charge in [-0.1, -0.05) is 47.7 Å². The number of aromatic nitrogens is 2. The highest BCUT2D eigenvalue weighted by Gasteiger charge is 2.14. The van der Waals surface area contributed by atoms with Gasteiger partial charge in [-0.3, -0.25) is 9.59 Å². The lowest BCUT2D eigenvalue weighted by molar-refractivity contribution is 0.0950. The van der Waals surface area contributed by atoms with E-state index in [1.54, 1.807) is 31.4 Å². The van der Waals surface area contributed by atoms with Gasteiger partial charge in [0.25, 0.3) is 11.8 Å². The number of carbonyl (C=O) groups is 2. The van der Waals surface area contributed by atoms with E-state index in [0.717, 1.165) is 22.6 Å². The molecule has 0 aliphatic heterocycles. The third-order valence-electron chi connectivity index (χ3n) is 4.80. The summed E-state index contributed by atoms with van der Waals surface area (Å²) in [6, 6.07) is 23.5. The predicted octanol–water partition coefficient (Wildman–Crippen LogP) is 4.31. The van der Waals surface area contributed by atoms with Crippen LogP contribution in [-0.2, 0) is 13.2 Å². The first-order chi connectivity index (χ1) is 16.6. The summed E-state index contributed by atoms with van der Waals surface area (Å²) < 4.78 is 10.9. The van der Waals surface area contributed by atoms with Crippen molar-refractivity contribution >= 4 is 28.8 Å². The van der Waals surface area contributed by atoms with E-state index in [1.807, 2.05) is 54.6 Å². The van der Waals surface area contributed by atoms with Crippen molar-refractivity contribution in [3.63, 3.8) is 0 Å². The lowest BCUT2D eigenvalue weighted by atomic mass is 10.1. The molecular weight excluding hydrogens is 452 g/mol. The zero-order valence-corrected chi connectivity index (χ0v) is 19.2. The Hall–Kier alpha value is -4.24. The summed E-state index contributed by atoms with van der Waals surface area (Å²) in [5, 5.41) is 14.4. The van der Waals surface area contributed by atoms with Crippen molar-refractivity contribution in [1.82, 2.24) is 15.5 Å². The van der Waals surface area contributed by atoms with Gasteiger partial charge in [0, 0.05) is 23.4 Å². The van der Waals surface area contributed by atoms with Gasteiger partial charge in [0.1, 0.15) is 18.1 Å². The normalized spacial score (nSPS) is 10.4. The molecule has 9 heteroatoms. The number of hydrogen-bond donors (Lipinski definition) is 2. The summed E-state index contributed by atoms with van der Waals surface area (Å²) in [4.78, 5) is 25.0. The van der Waals surface area contributed by atoms with Crippen LogP contribution in [0.15, 0.2) is 78.9 Å². The van der Waals surface area contributed by atoms with Crippen molar-refractivity contribution in [3.8, 4) is 11.5 Å². The first-order valence-electron chi connectivity index (χ1n) is 10.4. The van der Waals surface area contributed by atoms with E-state index in [9.17, 15) is 9.59 Å². The maximum absolute atomic E-state index is 12.5. The zero-order chi connectivity index (χ0) is 23.8. The monoisotopic (exact) mass is 474 g/mol. The summed E-state index contributed by atoms with van der Waals surface area (Å²) in [5.74, 6) is 0.829. The zero-order valence-electron chi connectivity index (χ0n) is 18.4. The van der Waals surface area contributed by atoms with Gasteiger partial charge in [-0.05, 0) is 42.5 Å². The highest BCUT2D eigenvalue weighted by molar-refractivity contribution is 7.13. The predicted molar refractivity (Wildman–Crippen MR) is 129 cm³/mol. The first kappa shape index (κ1) is 22.9. The number of nitrogens with one attached hydrogen (secondary N) is 2. The van der Waals surface area contributed by atoms with E-state index in [4.69, 9.17) is 9.47 Å². The number of ether oxygens (including phenoxy) is 2. The fraction of sp³-hybridized carbons (Fsp3) is 0.120. The fourth-order valence-electron chi connectivity index (χ4n) is 3.08. The van der Waals surface area contributed by atoms with Crippen LogP contribution in [0.1, 0.15) is 30.7 Å². The molecule has 0 unspecified atom stereocenters. The van der Waals surface area contributed by atoms with Crippen molar-refractivity contribution < 1.29 is 19.1 Å². The highest BCUT2D eigenvalue weighted by atomic mass is 32.1. The van der Waals surface area contributed by atoms with Gasteiger partial charge >= 0.3 is 0 Å². The van der Waals surface area contributed by atoms with Crippen LogP contribution in [0.4, 0.5) is 5.69 Å². The van der Waals surface area contributed by atoms with Gasteiger partial charge in [-0.25, -0.2) is 0 Å². The van der Waals surface area contributed by atoms with Crippen LogP contribution in [-0.4, -0.2) is 29.1 Å². The topological polar surface area (TPSA) is 102 Å². The Morgan fingerprint density at radius 3 is 2.38 bits per heavy atom. The minimum atomic E-state index is -0.378. The van der Waals surface area contributed by atoms with Gasteiger partial charge < -0.3 is 20.1 Å². The molecule has 172 valence electrons. The van der Waals surface area contributed by atoms with Gasteiger partial charge in [-0.15, -0.1) is 10.2 Å². The molecule has 8 nitrogen and oxygen atoms in total. The largest absolute Gasteiger partial charge is 0.496 e. The lowest BCUT2D eigenvalue weighted by Crippen LogP contribution is -2.23. The number of carbonyl (C=O) groups excluding carboxylic acids is 2. The van der Waals surface area contributed by atoms with E-state index in [1.165, 1.54) is 0 Å². The summed E-state index contributed by atoms with van der Waals surface area (Å²) in [6.07, 6.45) is 0. The van der Waals surface area contributed by atoms with Crippen LogP contribution < -0.4 is 20.1 Å². The molecule has 0 saturated carbocycles. The smallest absolute Gasteiger partial charge is 0.286 e. The summed E-state index contributed by atoms with van der Waals surface area (Å²) in [5.41, 5.74) is 1.90. The number of hydrogen-bond acceptors (Lipinski definition) is 7. The van der Waals surface area contributed by atoms with Crippen LogP contribution in [0.3, 0.4) is 0 Å². The Labute approximate surface area is 200 Å². The van der Waals surface area contributed by atoms with Crippen LogP contribution in [0.5, 0.6) is 11.5 Å². The molecule has 1 aromatic heterocycles. The second kappa shape index (κ2) is 11.1. The number of amides is 2. The molecule has 0 aliphatic rings. The Morgan fingerprint density at radius 2 is 1.62 bits per heavy atom. The summed E-state index contributed by atoms with van der Waals surface area (Å²) in [6.45, 7) is 0.572. The Bertz CT molecular complexity index is 1260. The molecule has 4 aromatic rings. The molecule has 0 radical (unpaired) electrons. The maximum atomic E-state index is 12.5. The summed E-state index contributed by atoms with van der Waals surface area (Å²) >= 11 is 1.16. The number of anilines is 1. The molecule has 0 atom stereocenters.